The molecule has 0 fully saturated rings. The van der Waals surface area contributed by atoms with Crippen LogP contribution in [0.4, 0.5) is 0 Å². The molecule has 0 saturated carbocycles. The van der Waals surface area contributed by atoms with E-state index in [1.165, 1.54) is 0 Å². The summed E-state index contributed by atoms with van der Waals surface area (Å²) in [7, 11) is 6.30. The van der Waals surface area contributed by atoms with Crippen LogP contribution in [0.2, 0.25) is 0 Å². The fourth-order valence-corrected chi connectivity index (χ4v) is 3.48. The van der Waals surface area contributed by atoms with Gasteiger partial charge in [0.2, 0.25) is 5.79 Å². The maximum atomic E-state index is 11.3. The van der Waals surface area contributed by atoms with Gasteiger partial charge in [0.15, 0.2) is 23.0 Å². The third-order valence-corrected chi connectivity index (χ3v) is 4.89. The van der Waals surface area contributed by atoms with Gasteiger partial charge in [0, 0.05) is 5.56 Å². The standard InChI is InChI=1S/C22H26O6/c1-21(2)16(14-7-9-17(24-3)19(11-14)26-5)13-22(23,28-21)15-8-10-18(25-4)20(12-15)27-6/h7-13,23H,1-6H3. The monoisotopic (exact) mass is 386 g/mol. The first-order valence-corrected chi connectivity index (χ1v) is 8.88. The van der Waals surface area contributed by atoms with Crippen molar-refractivity contribution in [1.29, 1.82) is 0 Å². The molecule has 0 saturated heterocycles. The molecule has 0 amide bonds. The zero-order chi connectivity index (χ0) is 20.5. The molecule has 0 aliphatic carbocycles. The second-order valence-corrected chi connectivity index (χ2v) is 7.01. The summed E-state index contributed by atoms with van der Waals surface area (Å²) in [4.78, 5) is 0. The zero-order valence-electron chi connectivity index (χ0n) is 17.0. The minimum atomic E-state index is -1.61. The summed E-state index contributed by atoms with van der Waals surface area (Å²) in [6, 6.07) is 10.8. The Morgan fingerprint density at radius 2 is 1.29 bits per heavy atom. The van der Waals surface area contributed by atoms with Crippen molar-refractivity contribution in [3.05, 3.63) is 53.6 Å². The highest BCUT2D eigenvalue weighted by molar-refractivity contribution is 5.76. The minimum absolute atomic E-state index is 0.516. The second-order valence-electron chi connectivity index (χ2n) is 7.01. The molecule has 6 nitrogen and oxygen atoms in total. The third kappa shape index (κ3) is 3.41. The first kappa shape index (κ1) is 20.0. The fraction of sp³-hybridized carbons (Fsp3) is 0.364. The third-order valence-electron chi connectivity index (χ3n) is 4.89. The van der Waals surface area contributed by atoms with E-state index in [1.807, 2.05) is 32.0 Å². The fourth-order valence-electron chi connectivity index (χ4n) is 3.48. The highest BCUT2D eigenvalue weighted by atomic mass is 16.6. The maximum absolute atomic E-state index is 11.3. The SMILES string of the molecule is COc1ccc(C2=CC(O)(c3ccc(OC)c(OC)c3)OC2(C)C)cc1OC. The number of methoxy groups -OCH3 is 4. The molecule has 1 aliphatic heterocycles. The minimum Gasteiger partial charge on any atom is -0.493 e. The normalized spacial score (nSPS) is 20.5. The van der Waals surface area contributed by atoms with Crippen molar-refractivity contribution in [2.24, 2.45) is 0 Å². The van der Waals surface area contributed by atoms with Gasteiger partial charge in [0.1, 0.15) is 0 Å². The average molecular weight is 386 g/mol. The first-order chi connectivity index (χ1) is 13.3. The van der Waals surface area contributed by atoms with Crippen LogP contribution in [0, 0.1) is 0 Å². The molecule has 0 spiro atoms. The molecular weight excluding hydrogens is 360 g/mol. The van der Waals surface area contributed by atoms with Gasteiger partial charge in [-0.2, -0.15) is 0 Å². The Hall–Kier alpha value is -2.70. The Morgan fingerprint density at radius 1 is 0.750 bits per heavy atom. The summed E-state index contributed by atoms with van der Waals surface area (Å²) in [5.74, 6) is 0.738. The van der Waals surface area contributed by atoms with Crippen LogP contribution in [-0.2, 0) is 10.5 Å². The van der Waals surface area contributed by atoms with E-state index in [-0.39, 0.29) is 0 Å². The van der Waals surface area contributed by atoms with Gasteiger partial charge < -0.3 is 28.8 Å². The number of hydrogen-bond donors (Lipinski definition) is 1. The van der Waals surface area contributed by atoms with Crippen molar-refractivity contribution in [1.82, 2.24) is 0 Å². The molecule has 0 aromatic heterocycles. The summed E-state index contributed by atoms with van der Waals surface area (Å²) in [6.45, 7) is 3.82. The predicted molar refractivity (Wildman–Crippen MR) is 106 cm³/mol. The Kier molecular flexibility index (Phi) is 5.28. The van der Waals surface area contributed by atoms with Gasteiger partial charge in [-0.15, -0.1) is 0 Å². The van der Waals surface area contributed by atoms with E-state index in [2.05, 4.69) is 0 Å². The summed E-state index contributed by atoms with van der Waals surface area (Å²) < 4.78 is 27.4. The van der Waals surface area contributed by atoms with Crippen LogP contribution < -0.4 is 18.9 Å². The van der Waals surface area contributed by atoms with E-state index in [9.17, 15) is 5.11 Å². The van der Waals surface area contributed by atoms with Gasteiger partial charge >= 0.3 is 0 Å². The number of aliphatic hydroxyl groups is 1. The number of ether oxygens (including phenoxy) is 5. The second kappa shape index (κ2) is 7.37. The van der Waals surface area contributed by atoms with Crippen LogP contribution in [0.5, 0.6) is 23.0 Å². The van der Waals surface area contributed by atoms with Crippen LogP contribution in [0.25, 0.3) is 5.57 Å². The van der Waals surface area contributed by atoms with Crippen molar-refractivity contribution >= 4 is 5.57 Å². The molecule has 6 heteroatoms. The molecular formula is C22H26O6. The lowest BCUT2D eigenvalue weighted by molar-refractivity contribution is -0.203. The van der Waals surface area contributed by atoms with Gasteiger partial charge in [-0.25, -0.2) is 0 Å². The molecule has 1 N–H and O–H groups in total. The Bertz CT molecular complexity index is 902. The molecule has 1 unspecified atom stereocenters. The molecule has 150 valence electrons. The van der Waals surface area contributed by atoms with Gasteiger partial charge in [0.05, 0.1) is 34.0 Å². The lowest BCUT2D eigenvalue weighted by Crippen LogP contribution is -2.31. The topological polar surface area (TPSA) is 66.4 Å². The van der Waals surface area contributed by atoms with Crippen LogP contribution in [-0.4, -0.2) is 39.1 Å². The Morgan fingerprint density at radius 3 is 1.86 bits per heavy atom. The largest absolute Gasteiger partial charge is 0.493 e. The van der Waals surface area contributed by atoms with Crippen LogP contribution >= 0.6 is 0 Å². The van der Waals surface area contributed by atoms with E-state index in [4.69, 9.17) is 23.7 Å². The molecule has 2 aromatic rings. The van der Waals surface area contributed by atoms with Crippen molar-refractivity contribution in [2.45, 2.75) is 25.2 Å². The van der Waals surface area contributed by atoms with E-state index < -0.39 is 11.4 Å². The van der Waals surface area contributed by atoms with E-state index in [0.29, 0.717) is 28.6 Å². The summed E-state index contributed by atoms with van der Waals surface area (Å²) >= 11 is 0. The summed E-state index contributed by atoms with van der Waals surface area (Å²) in [5, 5.41) is 11.3. The molecule has 1 atom stereocenters. The molecule has 0 bridgehead atoms. The molecule has 28 heavy (non-hydrogen) atoms. The van der Waals surface area contributed by atoms with E-state index >= 15 is 0 Å². The lowest BCUT2D eigenvalue weighted by Gasteiger charge is -2.29. The Labute approximate surface area is 165 Å². The van der Waals surface area contributed by atoms with Crippen molar-refractivity contribution in [3.8, 4) is 23.0 Å². The quantitative estimate of drug-likeness (QED) is 0.816. The highest BCUT2D eigenvalue weighted by Crippen LogP contribution is 2.48. The lowest BCUT2D eigenvalue weighted by atomic mass is 9.91. The van der Waals surface area contributed by atoms with E-state index in [1.54, 1.807) is 52.7 Å². The molecule has 2 aromatic carbocycles. The van der Waals surface area contributed by atoms with Gasteiger partial charge in [-0.3, -0.25) is 0 Å². The number of hydrogen-bond acceptors (Lipinski definition) is 6. The van der Waals surface area contributed by atoms with Gasteiger partial charge in [-0.05, 0) is 61.4 Å². The first-order valence-electron chi connectivity index (χ1n) is 8.88. The highest BCUT2D eigenvalue weighted by Gasteiger charge is 2.45. The summed E-state index contributed by atoms with van der Waals surface area (Å²) in [5.41, 5.74) is 1.53. The van der Waals surface area contributed by atoms with Crippen LogP contribution in [0.1, 0.15) is 25.0 Å². The summed E-state index contributed by atoms with van der Waals surface area (Å²) in [6.07, 6.45) is 1.72. The predicted octanol–water partition coefficient (Wildman–Crippen LogP) is 3.76. The van der Waals surface area contributed by atoms with Crippen molar-refractivity contribution < 1.29 is 28.8 Å². The number of rotatable bonds is 6. The molecule has 3 rings (SSSR count). The zero-order valence-corrected chi connectivity index (χ0v) is 17.0. The molecule has 0 radical (unpaired) electrons. The molecule has 1 heterocycles. The Balaban J connectivity index is 2.07. The van der Waals surface area contributed by atoms with Crippen LogP contribution in [0.15, 0.2) is 42.5 Å². The number of benzene rings is 2. The van der Waals surface area contributed by atoms with Crippen molar-refractivity contribution in [2.75, 3.05) is 28.4 Å². The smallest absolute Gasteiger partial charge is 0.214 e. The van der Waals surface area contributed by atoms with Gasteiger partial charge in [-0.1, -0.05) is 6.07 Å². The van der Waals surface area contributed by atoms with E-state index in [0.717, 1.165) is 11.1 Å². The average Bonchev–Trinajstić information content (AvgIpc) is 2.96. The van der Waals surface area contributed by atoms with Gasteiger partial charge in [0.25, 0.3) is 0 Å². The maximum Gasteiger partial charge on any atom is 0.214 e. The van der Waals surface area contributed by atoms with Crippen LogP contribution in [0.3, 0.4) is 0 Å². The molecule has 1 aliphatic rings. The van der Waals surface area contributed by atoms with Crippen molar-refractivity contribution in [3.63, 3.8) is 0 Å².